The van der Waals surface area contributed by atoms with Crippen molar-refractivity contribution >= 4 is 0 Å². The molecule has 0 atom stereocenters. The number of hydrogen-bond acceptors (Lipinski definition) is 5. The molecule has 0 aliphatic rings. The minimum Gasteiger partial charge on any atom is -0.333 e. The average Bonchev–Trinajstić information content (AvgIpc) is 1.66. The lowest BCUT2D eigenvalue weighted by molar-refractivity contribution is -0.742. The summed E-state index contributed by atoms with van der Waals surface area (Å²) in [6.07, 6.45) is 0. The smallest absolute Gasteiger partial charge is 0.291 e. The molecule has 0 aromatic heterocycles. The topological polar surface area (TPSA) is 153 Å². The lowest BCUT2D eigenvalue weighted by Gasteiger charge is -1.56. The van der Waals surface area contributed by atoms with Crippen molar-refractivity contribution in [1.82, 2.24) is 0 Å². The second-order valence-electron chi connectivity index (χ2n) is 0.476. The van der Waals surface area contributed by atoms with Gasteiger partial charge in [-0.3, -0.25) is 0 Å². The summed E-state index contributed by atoms with van der Waals surface area (Å²) in [4.78, 5) is 16.7. The van der Waals surface area contributed by atoms with Crippen LogP contribution in [0.15, 0.2) is 0 Å². The van der Waals surface area contributed by atoms with Gasteiger partial charge < -0.3 is 16.1 Å². The molecule has 0 rings (SSSR count). The number of nitrogens with zero attached hydrogens (tertiary/aromatic N) is 2. The Morgan fingerprint density at radius 3 is 1.10 bits per heavy atom. The summed E-state index contributed by atoms with van der Waals surface area (Å²) in [7, 11) is 1.50. The first kappa shape index (κ1) is 15.8. The molecule has 0 aliphatic heterocycles. The van der Waals surface area contributed by atoms with Crippen molar-refractivity contribution in [3.8, 4) is 0 Å². The van der Waals surface area contributed by atoms with Gasteiger partial charge in [0.2, 0.25) is 0 Å². The molecule has 0 heterocycles. The van der Waals surface area contributed by atoms with Crippen LogP contribution >= 0.6 is 0 Å². The Balaban J connectivity index is -0.0000000787. The van der Waals surface area contributed by atoms with Gasteiger partial charge in [-0.25, -0.2) is 0 Å². The fourth-order valence-electron chi connectivity index (χ4n) is 0. The van der Waals surface area contributed by atoms with E-state index in [4.69, 9.17) is 30.6 Å². The summed E-state index contributed by atoms with van der Waals surface area (Å²) >= 11 is 0. The normalized spacial score (nSPS) is 5.40. The molecule has 0 spiro atoms. The summed E-state index contributed by atoms with van der Waals surface area (Å²) in [6, 6.07) is 0. The molecular weight excluding hydrogens is 150 g/mol. The van der Waals surface area contributed by atoms with Gasteiger partial charge in [-0.05, 0) is 7.05 Å². The van der Waals surface area contributed by atoms with E-state index in [1.165, 1.54) is 7.05 Å². The van der Waals surface area contributed by atoms with Gasteiger partial charge in [-0.15, -0.1) is 20.2 Å². The maximum absolute atomic E-state index is 8.36. The van der Waals surface area contributed by atoms with Crippen LogP contribution < -0.4 is 5.73 Å². The second kappa shape index (κ2) is 15.7. The molecule has 0 radical (unpaired) electrons. The molecular formula is CH7N3O6. The highest BCUT2D eigenvalue weighted by atomic mass is 16.9. The quantitative estimate of drug-likeness (QED) is 0.297. The van der Waals surface area contributed by atoms with Gasteiger partial charge in [-0.2, -0.15) is 0 Å². The van der Waals surface area contributed by atoms with Crippen molar-refractivity contribution in [3.63, 3.8) is 0 Å². The van der Waals surface area contributed by atoms with E-state index < -0.39 is 10.2 Å². The number of hydrogen-bond donors (Lipinski definition) is 3. The van der Waals surface area contributed by atoms with Crippen LogP contribution in [0.3, 0.4) is 0 Å². The van der Waals surface area contributed by atoms with Crippen LogP contribution in [0.2, 0.25) is 0 Å². The molecule has 0 bridgehead atoms. The van der Waals surface area contributed by atoms with Crippen molar-refractivity contribution in [2.75, 3.05) is 7.05 Å². The van der Waals surface area contributed by atoms with Crippen LogP contribution in [0.1, 0.15) is 0 Å². The van der Waals surface area contributed by atoms with E-state index >= 15 is 0 Å². The lowest BCUT2D eigenvalue weighted by Crippen LogP contribution is -1.81. The van der Waals surface area contributed by atoms with E-state index in [-0.39, 0.29) is 0 Å². The Labute approximate surface area is 54.9 Å². The molecule has 0 saturated heterocycles. The highest BCUT2D eigenvalue weighted by Crippen LogP contribution is 1.38. The van der Waals surface area contributed by atoms with E-state index in [0.29, 0.717) is 0 Å². The third-order valence-electron chi connectivity index (χ3n) is 0. The molecule has 62 valence electrons. The van der Waals surface area contributed by atoms with Gasteiger partial charge in [0.15, 0.2) is 0 Å². The molecule has 4 N–H and O–H groups in total. The minimum atomic E-state index is -1.50. The first-order chi connectivity index (χ1) is 4.46. The average molecular weight is 157 g/mol. The van der Waals surface area contributed by atoms with E-state index in [0.717, 1.165) is 0 Å². The molecule has 0 saturated carbocycles. The van der Waals surface area contributed by atoms with E-state index in [9.17, 15) is 0 Å². The predicted molar refractivity (Wildman–Crippen MR) is 27.7 cm³/mol. The maximum Gasteiger partial charge on any atom is 0.291 e. The number of rotatable bonds is 0. The fraction of sp³-hybridized carbons (Fsp3) is 1.00. The Morgan fingerprint density at radius 1 is 1.10 bits per heavy atom. The van der Waals surface area contributed by atoms with E-state index in [2.05, 4.69) is 5.73 Å². The van der Waals surface area contributed by atoms with E-state index in [1.54, 1.807) is 0 Å². The van der Waals surface area contributed by atoms with Crippen molar-refractivity contribution in [3.05, 3.63) is 20.2 Å². The number of nitrogens with two attached hydrogens (primary N) is 1. The maximum atomic E-state index is 8.36. The first-order valence-electron chi connectivity index (χ1n) is 1.71. The van der Waals surface area contributed by atoms with Crippen molar-refractivity contribution < 1.29 is 20.6 Å². The molecule has 0 unspecified atom stereocenters. The molecule has 0 aliphatic carbocycles. The van der Waals surface area contributed by atoms with Crippen LogP contribution in [0, 0.1) is 20.2 Å². The molecule has 10 heavy (non-hydrogen) atoms. The van der Waals surface area contributed by atoms with Gasteiger partial charge in [0.1, 0.15) is 0 Å². The van der Waals surface area contributed by atoms with Crippen LogP contribution in [0.5, 0.6) is 0 Å². The Morgan fingerprint density at radius 2 is 1.10 bits per heavy atom. The van der Waals surface area contributed by atoms with E-state index in [1.807, 2.05) is 0 Å². The van der Waals surface area contributed by atoms with Gasteiger partial charge in [0, 0.05) is 0 Å². The highest BCUT2D eigenvalue weighted by molar-refractivity contribution is 3.83. The standard InChI is InChI=1S/CH5N.2HNO3/c1-2;2*2-1(3)4/h2H2,1H3;2*(H,2,3,4). The summed E-state index contributed by atoms with van der Waals surface area (Å²) in [5, 5.41) is 27.3. The Bertz CT molecular complexity index is 71.0. The third-order valence-corrected chi connectivity index (χ3v) is 0. The summed E-state index contributed by atoms with van der Waals surface area (Å²) < 4.78 is 0. The molecule has 0 amide bonds. The zero-order valence-corrected chi connectivity index (χ0v) is 5.00. The summed E-state index contributed by atoms with van der Waals surface area (Å²) in [6.45, 7) is 0. The fourth-order valence-corrected chi connectivity index (χ4v) is 0. The molecule has 0 aromatic carbocycles. The van der Waals surface area contributed by atoms with Gasteiger partial charge in [0.05, 0.1) is 0 Å². The summed E-state index contributed by atoms with van der Waals surface area (Å²) in [5.74, 6) is 0. The Kier molecular flexibility index (Phi) is 24.7. The van der Waals surface area contributed by atoms with Crippen LogP contribution in [0.4, 0.5) is 0 Å². The van der Waals surface area contributed by atoms with Crippen LogP contribution in [0.25, 0.3) is 0 Å². The van der Waals surface area contributed by atoms with Gasteiger partial charge >= 0.3 is 0 Å². The largest absolute Gasteiger partial charge is 0.333 e. The van der Waals surface area contributed by atoms with Crippen molar-refractivity contribution in [2.24, 2.45) is 5.73 Å². The van der Waals surface area contributed by atoms with Crippen LogP contribution in [-0.2, 0) is 0 Å². The monoisotopic (exact) mass is 157 g/mol. The zero-order valence-electron chi connectivity index (χ0n) is 5.00. The minimum absolute atomic E-state index is 1.50. The molecule has 9 nitrogen and oxygen atoms in total. The second-order valence-corrected chi connectivity index (χ2v) is 0.476. The first-order valence-corrected chi connectivity index (χ1v) is 1.71. The third kappa shape index (κ3) is 67.9. The summed E-state index contributed by atoms with van der Waals surface area (Å²) in [5.41, 5.74) is 4.50. The Hall–Kier alpha value is -1.64. The molecule has 0 aromatic rings. The predicted octanol–water partition coefficient (Wildman–Crippen LogP) is -1.12. The van der Waals surface area contributed by atoms with Gasteiger partial charge in [-0.1, -0.05) is 0 Å². The molecule has 0 fully saturated rings. The van der Waals surface area contributed by atoms with Crippen molar-refractivity contribution in [1.29, 1.82) is 0 Å². The zero-order chi connectivity index (χ0) is 9.15. The van der Waals surface area contributed by atoms with Crippen molar-refractivity contribution in [2.45, 2.75) is 0 Å². The highest BCUT2D eigenvalue weighted by Gasteiger charge is 1.65. The SMILES string of the molecule is CN.O=[N+]([O-])O.O=[N+]([O-])O. The van der Waals surface area contributed by atoms with Gasteiger partial charge in [0.25, 0.3) is 10.2 Å². The molecule has 9 heteroatoms. The lowest BCUT2D eigenvalue weighted by atomic mass is 11.6. The van der Waals surface area contributed by atoms with Crippen LogP contribution in [-0.4, -0.2) is 27.6 Å².